The predicted octanol–water partition coefficient (Wildman–Crippen LogP) is 4.11. The third-order valence-electron chi connectivity index (χ3n) is 3.79. The van der Waals surface area contributed by atoms with Crippen molar-refractivity contribution in [3.63, 3.8) is 0 Å². The molecule has 1 unspecified atom stereocenters. The molecule has 0 radical (unpaired) electrons. The monoisotopic (exact) mass is 282 g/mol. The Bertz CT molecular complexity index is 718. The molecule has 3 heteroatoms. The highest BCUT2D eigenvalue weighted by molar-refractivity contribution is 7.17. The van der Waals surface area contributed by atoms with Crippen molar-refractivity contribution >= 4 is 21.4 Å². The van der Waals surface area contributed by atoms with Crippen LogP contribution in [0.4, 0.5) is 0 Å². The minimum atomic E-state index is 0.307. The maximum Gasteiger partial charge on any atom is 0.0376 e. The van der Waals surface area contributed by atoms with E-state index in [-0.39, 0.29) is 0 Å². The first kappa shape index (κ1) is 13.3. The van der Waals surface area contributed by atoms with Crippen molar-refractivity contribution in [3.8, 4) is 0 Å². The van der Waals surface area contributed by atoms with Crippen LogP contribution in [0, 0.1) is 6.92 Å². The van der Waals surface area contributed by atoms with E-state index in [0.717, 1.165) is 6.42 Å². The Labute approximate surface area is 123 Å². The number of fused-ring (bicyclic) bond motifs is 1. The first-order valence-electron chi connectivity index (χ1n) is 6.82. The Morgan fingerprint density at radius 1 is 1.25 bits per heavy atom. The van der Waals surface area contributed by atoms with Gasteiger partial charge in [0.1, 0.15) is 0 Å². The fourth-order valence-electron chi connectivity index (χ4n) is 2.62. The van der Waals surface area contributed by atoms with E-state index in [1.54, 1.807) is 0 Å². The van der Waals surface area contributed by atoms with Crippen molar-refractivity contribution in [2.75, 3.05) is 7.05 Å². The van der Waals surface area contributed by atoms with E-state index in [2.05, 4.69) is 52.9 Å². The lowest BCUT2D eigenvalue weighted by atomic mass is 9.97. The number of benzene rings is 1. The van der Waals surface area contributed by atoms with Crippen LogP contribution < -0.4 is 5.32 Å². The van der Waals surface area contributed by atoms with Gasteiger partial charge in [-0.05, 0) is 60.0 Å². The van der Waals surface area contributed by atoms with Crippen molar-refractivity contribution in [1.82, 2.24) is 10.3 Å². The minimum Gasteiger partial charge on any atom is -0.313 e. The molecule has 0 aliphatic heterocycles. The van der Waals surface area contributed by atoms with E-state index in [1.807, 2.05) is 30.8 Å². The van der Waals surface area contributed by atoms with Crippen molar-refractivity contribution < 1.29 is 0 Å². The SMILES string of the molecule is CNC(Cc1csc2ccccc12)c1cnccc1C. The second-order valence-electron chi connectivity index (χ2n) is 5.03. The largest absolute Gasteiger partial charge is 0.313 e. The summed E-state index contributed by atoms with van der Waals surface area (Å²) in [6.07, 6.45) is 4.82. The molecule has 0 saturated heterocycles. The van der Waals surface area contributed by atoms with Gasteiger partial charge >= 0.3 is 0 Å². The van der Waals surface area contributed by atoms with Gasteiger partial charge in [0.15, 0.2) is 0 Å². The molecule has 0 aliphatic rings. The number of rotatable bonds is 4. The number of aryl methyl sites for hydroxylation is 1. The molecule has 20 heavy (non-hydrogen) atoms. The van der Waals surface area contributed by atoms with E-state index in [1.165, 1.54) is 26.8 Å². The van der Waals surface area contributed by atoms with Crippen molar-refractivity contribution in [3.05, 3.63) is 64.8 Å². The smallest absolute Gasteiger partial charge is 0.0376 e. The summed E-state index contributed by atoms with van der Waals surface area (Å²) in [6.45, 7) is 2.15. The summed E-state index contributed by atoms with van der Waals surface area (Å²) < 4.78 is 1.36. The molecular formula is C17H18N2S. The van der Waals surface area contributed by atoms with Crippen LogP contribution in [-0.2, 0) is 6.42 Å². The van der Waals surface area contributed by atoms with Crippen LogP contribution in [0.2, 0.25) is 0 Å². The number of pyridine rings is 1. The van der Waals surface area contributed by atoms with Gasteiger partial charge in [-0.1, -0.05) is 18.2 Å². The van der Waals surface area contributed by atoms with Crippen molar-refractivity contribution in [2.24, 2.45) is 0 Å². The number of nitrogens with zero attached hydrogens (tertiary/aromatic N) is 1. The fraction of sp³-hybridized carbons (Fsp3) is 0.235. The number of aromatic nitrogens is 1. The maximum absolute atomic E-state index is 4.27. The summed E-state index contributed by atoms with van der Waals surface area (Å²) in [5.41, 5.74) is 3.98. The van der Waals surface area contributed by atoms with Gasteiger partial charge < -0.3 is 5.32 Å². The number of hydrogen-bond acceptors (Lipinski definition) is 3. The number of thiophene rings is 1. The zero-order valence-corrected chi connectivity index (χ0v) is 12.6. The predicted molar refractivity (Wildman–Crippen MR) is 86.3 cm³/mol. The molecule has 0 aliphatic carbocycles. The highest BCUT2D eigenvalue weighted by atomic mass is 32.1. The molecule has 3 aromatic rings. The molecule has 2 nitrogen and oxygen atoms in total. The summed E-state index contributed by atoms with van der Waals surface area (Å²) >= 11 is 1.82. The average molecular weight is 282 g/mol. The summed E-state index contributed by atoms with van der Waals surface area (Å²) in [5.74, 6) is 0. The fourth-order valence-corrected chi connectivity index (χ4v) is 3.59. The van der Waals surface area contributed by atoms with Gasteiger partial charge in [0.2, 0.25) is 0 Å². The molecule has 102 valence electrons. The average Bonchev–Trinajstić information content (AvgIpc) is 2.89. The summed E-state index contributed by atoms with van der Waals surface area (Å²) in [7, 11) is 2.02. The van der Waals surface area contributed by atoms with Gasteiger partial charge in [0.25, 0.3) is 0 Å². The van der Waals surface area contributed by atoms with Crippen LogP contribution >= 0.6 is 11.3 Å². The van der Waals surface area contributed by atoms with Crippen LogP contribution in [0.3, 0.4) is 0 Å². The molecule has 3 rings (SSSR count). The first-order chi connectivity index (χ1) is 9.79. The van der Waals surface area contributed by atoms with Gasteiger partial charge in [-0.2, -0.15) is 0 Å². The third-order valence-corrected chi connectivity index (χ3v) is 4.80. The Morgan fingerprint density at radius 2 is 2.10 bits per heavy atom. The van der Waals surface area contributed by atoms with Gasteiger partial charge in [0.05, 0.1) is 0 Å². The van der Waals surface area contributed by atoms with Gasteiger partial charge in [-0.25, -0.2) is 0 Å². The highest BCUT2D eigenvalue weighted by Gasteiger charge is 2.14. The molecule has 2 heterocycles. The van der Waals surface area contributed by atoms with Crippen LogP contribution in [0.15, 0.2) is 48.1 Å². The molecule has 2 aromatic heterocycles. The van der Waals surface area contributed by atoms with Gasteiger partial charge in [0, 0.05) is 23.1 Å². The van der Waals surface area contributed by atoms with E-state index < -0.39 is 0 Å². The van der Waals surface area contributed by atoms with E-state index in [0.29, 0.717) is 6.04 Å². The second kappa shape index (κ2) is 5.73. The highest BCUT2D eigenvalue weighted by Crippen LogP contribution is 2.29. The van der Waals surface area contributed by atoms with Crippen LogP contribution in [0.25, 0.3) is 10.1 Å². The van der Waals surface area contributed by atoms with Crippen LogP contribution in [-0.4, -0.2) is 12.0 Å². The minimum absolute atomic E-state index is 0.307. The van der Waals surface area contributed by atoms with Gasteiger partial charge in [-0.15, -0.1) is 11.3 Å². The van der Waals surface area contributed by atoms with Crippen LogP contribution in [0.5, 0.6) is 0 Å². The molecule has 1 atom stereocenters. The van der Waals surface area contributed by atoms with Crippen molar-refractivity contribution in [2.45, 2.75) is 19.4 Å². The maximum atomic E-state index is 4.27. The Morgan fingerprint density at radius 3 is 2.90 bits per heavy atom. The number of likely N-dealkylation sites (N-methyl/N-ethyl adjacent to an activating group) is 1. The Hall–Kier alpha value is -1.71. The van der Waals surface area contributed by atoms with E-state index >= 15 is 0 Å². The normalized spacial score (nSPS) is 12.7. The van der Waals surface area contributed by atoms with Crippen LogP contribution in [0.1, 0.15) is 22.7 Å². The van der Waals surface area contributed by atoms with E-state index in [9.17, 15) is 0 Å². The van der Waals surface area contributed by atoms with Gasteiger partial charge in [-0.3, -0.25) is 4.98 Å². The molecular weight excluding hydrogens is 264 g/mol. The Balaban J connectivity index is 1.94. The summed E-state index contributed by atoms with van der Waals surface area (Å²) in [6, 6.07) is 11.0. The number of nitrogens with one attached hydrogen (secondary N) is 1. The quantitative estimate of drug-likeness (QED) is 0.779. The molecule has 0 spiro atoms. The molecule has 1 N–H and O–H groups in total. The van der Waals surface area contributed by atoms with Crippen molar-refractivity contribution in [1.29, 1.82) is 0 Å². The first-order valence-corrected chi connectivity index (χ1v) is 7.70. The van der Waals surface area contributed by atoms with E-state index in [4.69, 9.17) is 0 Å². The topological polar surface area (TPSA) is 24.9 Å². The molecule has 0 bridgehead atoms. The lowest BCUT2D eigenvalue weighted by Gasteiger charge is -2.18. The third kappa shape index (κ3) is 2.47. The Kier molecular flexibility index (Phi) is 3.81. The molecule has 0 fully saturated rings. The lowest BCUT2D eigenvalue weighted by molar-refractivity contribution is 0.589. The molecule has 1 aromatic carbocycles. The zero-order valence-electron chi connectivity index (χ0n) is 11.8. The number of hydrogen-bond donors (Lipinski definition) is 1. The standard InChI is InChI=1S/C17H18N2S/c1-12-7-8-19-10-15(12)16(18-2)9-13-11-20-17-6-4-3-5-14(13)17/h3-8,10-11,16,18H,9H2,1-2H3. The zero-order chi connectivity index (χ0) is 13.9. The lowest BCUT2D eigenvalue weighted by Crippen LogP contribution is -2.19. The summed E-state index contributed by atoms with van der Waals surface area (Å²) in [5, 5.41) is 7.08. The summed E-state index contributed by atoms with van der Waals surface area (Å²) in [4.78, 5) is 4.27. The molecule has 0 saturated carbocycles. The molecule has 0 amide bonds. The second-order valence-corrected chi connectivity index (χ2v) is 5.95.